The van der Waals surface area contributed by atoms with Crippen molar-refractivity contribution in [1.29, 1.82) is 0 Å². The molecule has 0 atom stereocenters. The van der Waals surface area contributed by atoms with E-state index in [-0.39, 0.29) is 22.9 Å². The molecule has 0 aliphatic carbocycles. The maximum atomic E-state index is 12.9. The van der Waals surface area contributed by atoms with Gasteiger partial charge in [0.25, 0.3) is 0 Å². The van der Waals surface area contributed by atoms with Crippen LogP contribution in [-0.2, 0) is 6.18 Å². The molecule has 146 valence electrons. The van der Waals surface area contributed by atoms with Crippen LogP contribution < -0.4 is 10.6 Å². The van der Waals surface area contributed by atoms with E-state index < -0.39 is 11.7 Å². The van der Waals surface area contributed by atoms with Crippen molar-refractivity contribution in [2.24, 2.45) is 0 Å². The quantitative estimate of drug-likeness (QED) is 0.530. The fourth-order valence-electron chi connectivity index (χ4n) is 2.44. The Morgan fingerprint density at radius 3 is 2.04 bits per heavy atom. The van der Waals surface area contributed by atoms with E-state index in [1.54, 1.807) is 0 Å². The molecule has 1 aromatic heterocycles. The number of nitrogens with zero attached hydrogens (tertiary/aromatic N) is 3. The fraction of sp³-hybridized carbons (Fsp3) is 0.211. The van der Waals surface area contributed by atoms with Crippen molar-refractivity contribution < 1.29 is 13.2 Å². The van der Waals surface area contributed by atoms with Crippen LogP contribution in [-0.4, -0.2) is 15.0 Å². The summed E-state index contributed by atoms with van der Waals surface area (Å²) >= 11 is 5.93. The number of aromatic nitrogens is 3. The Balaban J connectivity index is 1.80. The molecular formula is C19H17ClF3N5. The first-order valence-electron chi connectivity index (χ1n) is 8.43. The van der Waals surface area contributed by atoms with Crippen LogP contribution in [0.25, 0.3) is 0 Å². The van der Waals surface area contributed by atoms with E-state index in [9.17, 15) is 13.2 Å². The molecule has 0 saturated carbocycles. The largest absolute Gasteiger partial charge is 0.416 e. The molecule has 0 radical (unpaired) electrons. The first-order valence-corrected chi connectivity index (χ1v) is 8.81. The summed E-state index contributed by atoms with van der Waals surface area (Å²) < 4.78 is 38.6. The van der Waals surface area contributed by atoms with Crippen molar-refractivity contribution in [3.8, 4) is 0 Å². The molecule has 1 heterocycles. The summed E-state index contributed by atoms with van der Waals surface area (Å²) in [6.07, 6.45) is -4.44. The Hall–Kier alpha value is -2.87. The number of halogens is 4. The molecule has 0 aliphatic rings. The minimum atomic E-state index is -4.44. The minimum absolute atomic E-state index is 0.0284. The van der Waals surface area contributed by atoms with Crippen molar-refractivity contribution in [1.82, 2.24) is 15.0 Å². The summed E-state index contributed by atoms with van der Waals surface area (Å²) in [4.78, 5) is 12.1. The van der Waals surface area contributed by atoms with E-state index in [2.05, 4.69) is 39.4 Å². The lowest BCUT2D eigenvalue weighted by Gasteiger charge is -2.11. The zero-order valence-corrected chi connectivity index (χ0v) is 15.8. The van der Waals surface area contributed by atoms with Crippen molar-refractivity contribution in [3.63, 3.8) is 0 Å². The maximum absolute atomic E-state index is 12.9. The van der Waals surface area contributed by atoms with Crippen LogP contribution in [0.3, 0.4) is 0 Å². The van der Waals surface area contributed by atoms with E-state index >= 15 is 0 Å². The summed E-state index contributed by atoms with van der Waals surface area (Å²) in [6, 6.07) is 12.5. The third-order valence-corrected chi connectivity index (χ3v) is 4.06. The lowest BCUT2D eigenvalue weighted by atomic mass is 10.0. The Bertz CT molecular complexity index is 959. The molecular weight excluding hydrogens is 391 g/mol. The maximum Gasteiger partial charge on any atom is 0.416 e. The zero-order valence-electron chi connectivity index (χ0n) is 15.0. The molecule has 9 heteroatoms. The zero-order chi connectivity index (χ0) is 20.3. The molecule has 28 heavy (non-hydrogen) atoms. The van der Waals surface area contributed by atoms with Crippen LogP contribution in [0.4, 0.5) is 36.4 Å². The van der Waals surface area contributed by atoms with Gasteiger partial charge < -0.3 is 10.6 Å². The Kier molecular flexibility index (Phi) is 5.69. The van der Waals surface area contributed by atoms with Crippen molar-refractivity contribution in [2.75, 3.05) is 10.6 Å². The van der Waals surface area contributed by atoms with Gasteiger partial charge in [0.15, 0.2) is 0 Å². The first kappa shape index (κ1) is 19.9. The molecule has 3 aromatic rings. The fourth-order valence-corrected chi connectivity index (χ4v) is 2.60. The Morgan fingerprint density at radius 1 is 0.857 bits per heavy atom. The van der Waals surface area contributed by atoms with E-state index in [0.29, 0.717) is 5.92 Å². The SMILES string of the molecule is CC(C)c1ccc(Nc2nc(Cl)nc(Nc3cccc(C(F)(F)F)c3)n2)cc1. The van der Waals surface area contributed by atoms with Gasteiger partial charge in [0, 0.05) is 11.4 Å². The number of hydrogen-bond donors (Lipinski definition) is 2. The summed E-state index contributed by atoms with van der Waals surface area (Å²) in [5.41, 5.74) is 1.34. The molecule has 0 fully saturated rings. The van der Waals surface area contributed by atoms with Crippen LogP contribution in [0.1, 0.15) is 30.9 Å². The molecule has 0 aliphatic heterocycles. The highest BCUT2D eigenvalue weighted by atomic mass is 35.5. The van der Waals surface area contributed by atoms with Crippen molar-refractivity contribution >= 4 is 34.9 Å². The number of rotatable bonds is 5. The second-order valence-corrected chi connectivity index (χ2v) is 6.69. The monoisotopic (exact) mass is 407 g/mol. The number of anilines is 4. The van der Waals surface area contributed by atoms with Gasteiger partial charge >= 0.3 is 6.18 Å². The predicted octanol–water partition coefficient (Wildman–Crippen LogP) is 6.15. The minimum Gasteiger partial charge on any atom is -0.324 e. The van der Waals surface area contributed by atoms with Gasteiger partial charge in [-0.1, -0.05) is 32.0 Å². The number of hydrogen-bond acceptors (Lipinski definition) is 5. The van der Waals surface area contributed by atoms with Crippen LogP contribution in [0.2, 0.25) is 5.28 Å². The standard InChI is InChI=1S/C19H17ClF3N5/c1-11(2)12-6-8-14(9-7-12)24-17-26-16(20)27-18(28-17)25-15-5-3-4-13(10-15)19(21,22)23/h3-11H,1-2H3,(H2,24,25,26,27,28). The molecule has 3 rings (SSSR count). The molecule has 2 aromatic carbocycles. The smallest absolute Gasteiger partial charge is 0.324 e. The Labute approximate surface area is 165 Å². The van der Waals surface area contributed by atoms with Crippen LogP contribution in [0.15, 0.2) is 48.5 Å². The highest BCUT2D eigenvalue weighted by Gasteiger charge is 2.30. The number of benzene rings is 2. The molecule has 2 N–H and O–H groups in total. The molecule has 0 spiro atoms. The van der Waals surface area contributed by atoms with Gasteiger partial charge in [0.1, 0.15) is 0 Å². The summed E-state index contributed by atoms with van der Waals surface area (Å²) in [7, 11) is 0. The van der Waals surface area contributed by atoms with Crippen molar-refractivity contribution in [2.45, 2.75) is 25.9 Å². The van der Waals surface area contributed by atoms with E-state index in [1.165, 1.54) is 17.7 Å². The summed E-state index contributed by atoms with van der Waals surface area (Å²) in [5, 5.41) is 5.63. The van der Waals surface area contributed by atoms with Gasteiger partial charge in [-0.3, -0.25) is 0 Å². The third kappa shape index (κ3) is 5.10. The number of alkyl halides is 3. The van der Waals surface area contributed by atoms with Crippen LogP contribution in [0, 0.1) is 0 Å². The van der Waals surface area contributed by atoms with Gasteiger partial charge in [-0.25, -0.2) is 0 Å². The van der Waals surface area contributed by atoms with Crippen molar-refractivity contribution in [3.05, 3.63) is 64.9 Å². The topological polar surface area (TPSA) is 62.7 Å². The van der Waals surface area contributed by atoms with Gasteiger partial charge in [0.2, 0.25) is 17.2 Å². The number of nitrogens with one attached hydrogen (secondary N) is 2. The van der Waals surface area contributed by atoms with Gasteiger partial charge in [0.05, 0.1) is 5.56 Å². The second-order valence-electron chi connectivity index (χ2n) is 6.36. The summed E-state index contributed by atoms with van der Waals surface area (Å²) in [6.45, 7) is 4.19. The average molecular weight is 408 g/mol. The van der Waals surface area contributed by atoms with Crippen LogP contribution in [0.5, 0.6) is 0 Å². The van der Waals surface area contributed by atoms with E-state index in [4.69, 9.17) is 11.6 Å². The highest BCUT2D eigenvalue weighted by molar-refractivity contribution is 6.28. The van der Waals surface area contributed by atoms with E-state index in [1.807, 2.05) is 24.3 Å². The highest BCUT2D eigenvalue weighted by Crippen LogP contribution is 2.31. The summed E-state index contributed by atoms with van der Waals surface area (Å²) in [5.74, 6) is 0.608. The molecule has 5 nitrogen and oxygen atoms in total. The van der Waals surface area contributed by atoms with Gasteiger partial charge in [-0.2, -0.15) is 28.1 Å². The molecule has 0 bridgehead atoms. The molecule has 0 unspecified atom stereocenters. The van der Waals surface area contributed by atoms with Gasteiger partial charge in [-0.05, 0) is 53.4 Å². The lowest BCUT2D eigenvalue weighted by Crippen LogP contribution is -2.07. The third-order valence-electron chi connectivity index (χ3n) is 3.89. The second kappa shape index (κ2) is 8.02. The first-order chi connectivity index (χ1) is 13.2. The molecule has 0 saturated heterocycles. The van der Waals surface area contributed by atoms with Crippen LogP contribution >= 0.6 is 11.6 Å². The Morgan fingerprint density at radius 2 is 1.46 bits per heavy atom. The normalized spacial score (nSPS) is 11.5. The molecule has 0 amide bonds. The average Bonchev–Trinajstić information content (AvgIpc) is 2.61. The lowest BCUT2D eigenvalue weighted by molar-refractivity contribution is -0.137. The predicted molar refractivity (Wildman–Crippen MR) is 103 cm³/mol. The van der Waals surface area contributed by atoms with E-state index in [0.717, 1.165) is 17.8 Å². The van der Waals surface area contributed by atoms with Gasteiger partial charge in [-0.15, -0.1) is 0 Å².